The van der Waals surface area contributed by atoms with E-state index in [4.69, 9.17) is 0 Å². The van der Waals surface area contributed by atoms with Gasteiger partial charge in [0.05, 0.1) is 0 Å². The SMILES string of the molecule is C=CC(C)=CCC=C(C)C.CC=C(C)C=CC=C(C)C. The minimum absolute atomic E-state index is 1.03. The maximum atomic E-state index is 3.67. The van der Waals surface area contributed by atoms with Crippen molar-refractivity contribution in [3.8, 4) is 0 Å². The minimum atomic E-state index is 1.03. The molecule has 112 valence electrons. The van der Waals surface area contributed by atoms with Crippen LogP contribution in [0.5, 0.6) is 0 Å². The molecule has 0 fully saturated rings. The fraction of sp³-hybridized carbons (Fsp3) is 0.400. The molecule has 0 amide bonds. The molecule has 0 aliphatic carbocycles. The topological polar surface area (TPSA) is 0 Å². The molecule has 0 spiro atoms. The zero-order valence-corrected chi connectivity index (χ0v) is 14.5. The second kappa shape index (κ2) is 13.9. The van der Waals surface area contributed by atoms with Gasteiger partial charge in [0.2, 0.25) is 0 Å². The molecule has 0 unspecified atom stereocenters. The van der Waals surface area contributed by atoms with Gasteiger partial charge >= 0.3 is 0 Å². The zero-order chi connectivity index (χ0) is 16.0. The van der Waals surface area contributed by atoms with Gasteiger partial charge in [0.1, 0.15) is 0 Å². The van der Waals surface area contributed by atoms with Crippen LogP contribution in [-0.4, -0.2) is 0 Å². The van der Waals surface area contributed by atoms with Crippen molar-refractivity contribution in [2.45, 2.75) is 54.9 Å². The van der Waals surface area contributed by atoms with Crippen LogP contribution in [0.4, 0.5) is 0 Å². The molecule has 0 bridgehead atoms. The average Bonchev–Trinajstić information content (AvgIpc) is 2.38. The van der Waals surface area contributed by atoms with E-state index in [0.29, 0.717) is 0 Å². The summed E-state index contributed by atoms with van der Waals surface area (Å²) in [6.45, 7) is 18.3. The molecule has 0 rings (SSSR count). The first-order valence-corrected chi connectivity index (χ1v) is 7.20. The van der Waals surface area contributed by atoms with Gasteiger partial charge in [-0.15, -0.1) is 0 Å². The van der Waals surface area contributed by atoms with Gasteiger partial charge in [0.15, 0.2) is 0 Å². The molecule has 0 aliphatic heterocycles. The van der Waals surface area contributed by atoms with Gasteiger partial charge in [-0.3, -0.25) is 0 Å². The Morgan fingerprint density at radius 2 is 1.45 bits per heavy atom. The van der Waals surface area contributed by atoms with E-state index in [1.807, 2.05) is 13.0 Å². The third kappa shape index (κ3) is 18.8. The summed E-state index contributed by atoms with van der Waals surface area (Å²) in [7, 11) is 0. The van der Waals surface area contributed by atoms with Crippen molar-refractivity contribution in [2.24, 2.45) is 0 Å². The molecule has 0 nitrogen and oxygen atoms in total. The first kappa shape index (κ1) is 20.8. The Morgan fingerprint density at radius 3 is 1.85 bits per heavy atom. The van der Waals surface area contributed by atoms with Crippen LogP contribution in [0.2, 0.25) is 0 Å². The molecule has 0 aromatic rings. The molecule has 0 aliphatic rings. The van der Waals surface area contributed by atoms with Crippen molar-refractivity contribution in [3.63, 3.8) is 0 Å². The van der Waals surface area contributed by atoms with E-state index < -0.39 is 0 Å². The standard InChI is InChI=1S/2C10H16/c2*1-5-10(4)8-6-7-9(2)3/h5-8H,1-4H3;5,7-8H,1,6H2,2-4H3. The van der Waals surface area contributed by atoms with E-state index in [1.54, 1.807) is 0 Å². The lowest BCUT2D eigenvalue weighted by Gasteiger charge is -1.89. The highest BCUT2D eigenvalue weighted by Crippen LogP contribution is 1.99. The molecule has 0 N–H and O–H groups in total. The number of rotatable bonds is 5. The van der Waals surface area contributed by atoms with Crippen LogP contribution < -0.4 is 0 Å². The van der Waals surface area contributed by atoms with Crippen molar-refractivity contribution >= 4 is 0 Å². The van der Waals surface area contributed by atoms with Crippen molar-refractivity contribution in [1.82, 2.24) is 0 Å². The number of allylic oxidation sites excluding steroid dienone is 11. The normalized spacial score (nSPS) is 11.6. The first-order chi connectivity index (χ1) is 9.33. The summed E-state index contributed by atoms with van der Waals surface area (Å²) in [5.74, 6) is 0. The Labute approximate surface area is 127 Å². The molecule has 0 heteroatoms. The van der Waals surface area contributed by atoms with Crippen molar-refractivity contribution in [1.29, 1.82) is 0 Å². The van der Waals surface area contributed by atoms with Gasteiger partial charge in [0.25, 0.3) is 0 Å². The molecule has 0 saturated heterocycles. The number of hydrogen-bond acceptors (Lipinski definition) is 0. The first-order valence-electron chi connectivity index (χ1n) is 7.20. The van der Waals surface area contributed by atoms with E-state index in [0.717, 1.165) is 6.42 Å². The van der Waals surface area contributed by atoms with Crippen LogP contribution in [0.25, 0.3) is 0 Å². The maximum absolute atomic E-state index is 3.67. The van der Waals surface area contributed by atoms with Crippen molar-refractivity contribution < 1.29 is 0 Å². The van der Waals surface area contributed by atoms with Crippen molar-refractivity contribution in [2.75, 3.05) is 0 Å². The van der Waals surface area contributed by atoms with Crippen molar-refractivity contribution in [3.05, 3.63) is 71.4 Å². The molecular formula is C20H32. The van der Waals surface area contributed by atoms with Crippen LogP contribution >= 0.6 is 0 Å². The largest absolute Gasteiger partial charge is 0.0988 e. The predicted molar refractivity (Wildman–Crippen MR) is 96.0 cm³/mol. The molecule has 0 aromatic heterocycles. The molecule has 0 radical (unpaired) electrons. The van der Waals surface area contributed by atoms with Crippen LogP contribution in [0.3, 0.4) is 0 Å². The van der Waals surface area contributed by atoms with Gasteiger partial charge in [-0.2, -0.15) is 0 Å². The molecule has 0 heterocycles. The van der Waals surface area contributed by atoms with Crippen LogP contribution in [0.1, 0.15) is 54.9 Å². The molecule has 20 heavy (non-hydrogen) atoms. The maximum Gasteiger partial charge on any atom is -0.0161 e. The average molecular weight is 272 g/mol. The Balaban J connectivity index is 0. The fourth-order valence-electron chi connectivity index (χ4n) is 1.05. The quantitative estimate of drug-likeness (QED) is 0.375. The van der Waals surface area contributed by atoms with Gasteiger partial charge in [-0.05, 0) is 54.9 Å². The summed E-state index contributed by atoms with van der Waals surface area (Å²) in [4.78, 5) is 0. The molecular weight excluding hydrogens is 240 g/mol. The molecule has 0 atom stereocenters. The third-order valence-corrected chi connectivity index (χ3v) is 2.53. The minimum Gasteiger partial charge on any atom is -0.0988 e. The lowest BCUT2D eigenvalue weighted by atomic mass is 10.2. The Hall–Kier alpha value is -1.56. The lowest BCUT2D eigenvalue weighted by Crippen LogP contribution is -1.68. The fourth-order valence-corrected chi connectivity index (χ4v) is 1.05. The Kier molecular flexibility index (Phi) is 14.4. The summed E-state index contributed by atoms with van der Waals surface area (Å²) < 4.78 is 0. The van der Waals surface area contributed by atoms with E-state index in [9.17, 15) is 0 Å². The summed E-state index contributed by atoms with van der Waals surface area (Å²) >= 11 is 0. The summed E-state index contributed by atoms with van der Waals surface area (Å²) in [6.07, 6.45) is 15.6. The highest BCUT2D eigenvalue weighted by Gasteiger charge is 1.78. The van der Waals surface area contributed by atoms with Gasteiger partial charge in [-0.25, -0.2) is 0 Å². The highest BCUT2D eigenvalue weighted by atomic mass is 13.8. The Morgan fingerprint density at radius 1 is 0.850 bits per heavy atom. The highest BCUT2D eigenvalue weighted by molar-refractivity contribution is 5.20. The van der Waals surface area contributed by atoms with E-state index in [2.05, 4.69) is 84.6 Å². The van der Waals surface area contributed by atoms with Gasteiger partial charge < -0.3 is 0 Å². The molecule has 0 aromatic carbocycles. The second-order valence-electron chi connectivity index (χ2n) is 5.31. The van der Waals surface area contributed by atoms with Gasteiger partial charge in [0, 0.05) is 0 Å². The van der Waals surface area contributed by atoms with Crippen LogP contribution in [0.15, 0.2) is 71.4 Å². The van der Waals surface area contributed by atoms with Crippen LogP contribution in [0, 0.1) is 0 Å². The summed E-state index contributed by atoms with van der Waals surface area (Å²) in [5, 5.41) is 0. The summed E-state index contributed by atoms with van der Waals surface area (Å²) in [5.41, 5.74) is 5.25. The summed E-state index contributed by atoms with van der Waals surface area (Å²) in [6, 6.07) is 0. The third-order valence-electron chi connectivity index (χ3n) is 2.53. The van der Waals surface area contributed by atoms with E-state index >= 15 is 0 Å². The monoisotopic (exact) mass is 272 g/mol. The molecule has 0 saturated carbocycles. The zero-order valence-electron chi connectivity index (χ0n) is 14.5. The second-order valence-corrected chi connectivity index (χ2v) is 5.31. The Bertz CT molecular complexity index is 401. The van der Waals surface area contributed by atoms with Gasteiger partial charge in [-0.1, -0.05) is 71.4 Å². The predicted octanol–water partition coefficient (Wildman–Crippen LogP) is 6.95. The van der Waals surface area contributed by atoms with Crippen LogP contribution in [-0.2, 0) is 0 Å². The van der Waals surface area contributed by atoms with E-state index in [1.165, 1.54) is 22.3 Å². The smallest absolute Gasteiger partial charge is 0.0161 e. The lowest BCUT2D eigenvalue weighted by molar-refractivity contribution is 1.26. The van der Waals surface area contributed by atoms with E-state index in [-0.39, 0.29) is 0 Å². The number of hydrogen-bond donors (Lipinski definition) is 0.